The topological polar surface area (TPSA) is 38.9 Å². The van der Waals surface area contributed by atoms with Gasteiger partial charge < -0.3 is 5.73 Å². The minimum atomic E-state index is -2.38. The average Bonchev–Trinajstić information content (AvgIpc) is 2.03. The van der Waals surface area contributed by atoms with Gasteiger partial charge in [0.2, 0.25) is 6.43 Å². The molecule has 1 aromatic heterocycles. The van der Waals surface area contributed by atoms with E-state index in [1.165, 1.54) is 0 Å². The van der Waals surface area contributed by atoms with E-state index in [4.69, 9.17) is 5.73 Å². The first-order valence-electron chi connectivity index (χ1n) is 4.07. The maximum absolute atomic E-state index is 12.0. The minimum Gasteiger partial charge on any atom is -0.322 e. The molecular formula is C9H12F2N2. The molecule has 0 fully saturated rings. The number of nitrogens with zero attached hydrogens (tertiary/aromatic N) is 1. The Morgan fingerprint density at radius 2 is 2.15 bits per heavy atom. The normalized spacial score (nSPS) is 13.3. The molecule has 0 radical (unpaired) electrons. The molecule has 0 saturated heterocycles. The Morgan fingerprint density at radius 3 is 2.69 bits per heavy atom. The summed E-state index contributed by atoms with van der Waals surface area (Å²) in [5.41, 5.74) is 6.84. The quantitative estimate of drug-likeness (QED) is 0.784. The van der Waals surface area contributed by atoms with Crippen molar-refractivity contribution in [1.29, 1.82) is 0 Å². The minimum absolute atomic E-state index is 0.337. The molecule has 0 aliphatic heterocycles. The van der Waals surface area contributed by atoms with Crippen LogP contribution in [-0.4, -0.2) is 11.4 Å². The summed E-state index contributed by atoms with van der Waals surface area (Å²) in [7, 11) is 0. The fraction of sp³-hybridized carbons (Fsp3) is 0.444. The zero-order valence-electron chi connectivity index (χ0n) is 7.37. The first kappa shape index (κ1) is 10.1. The second-order valence-electron chi connectivity index (χ2n) is 2.94. The fourth-order valence-corrected chi connectivity index (χ4v) is 1.08. The van der Waals surface area contributed by atoms with Crippen LogP contribution >= 0.6 is 0 Å². The molecule has 1 aromatic rings. The molecule has 0 aliphatic carbocycles. The molecule has 0 spiro atoms. The summed E-state index contributed by atoms with van der Waals surface area (Å²) in [6.07, 6.45) is -2.71. The van der Waals surface area contributed by atoms with Crippen molar-refractivity contribution in [2.24, 2.45) is 5.73 Å². The van der Waals surface area contributed by atoms with Crippen molar-refractivity contribution in [2.45, 2.75) is 25.8 Å². The van der Waals surface area contributed by atoms with Crippen molar-refractivity contribution >= 4 is 0 Å². The van der Waals surface area contributed by atoms with Crippen LogP contribution in [0.1, 0.15) is 23.9 Å². The van der Waals surface area contributed by atoms with E-state index < -0.39 is 12.5 Å². The zero-order chi connectivity index (χ0) is 9.84. The Balaban J connectivity index is 2.71. The van der Waals surface area contributed by atoms with Crippen LogP contribution in [0.25, 0.3) is 0 Å². The smallest absolute Gasteiger partial charge is 0.240 e. The lowest BCUT2D eigenvalue weighted by atomic mass is 10.1. The van der Waals surface area contributed by atoms with Crippen LogP contribution in [0.15, 0.2) is 18.2 Å². The summed E-state index contributed by atoms with van der Waals surface area (Å²) >= 11 is 0. The van der Waals surface area contributed by atoms with Crippen molar-refractivity contribution in [3.8, 4) is 0 Å². The fourth-order valence-electron chi connectivity index (χ4n) is 1.08. The van der Waals surface area contributed by atoms with E-state index in [2.05, 4.69) is 4.98 Å². The number of rotatable bonds is 3. The van der Waals surface area contributed by atoms with Gasteiger partial charge in [-0.2, -0.15) is 0 Å². The summed E-state index contributed by atoms with van der Waals surface area (Å²) in [4.78, 5) is 4.07. The van der Waals surface area contributed by atoms with Crippen LogP contribution in [0.4, 0.5) is 8.78 Å². The van der Waals surface area contributed by atoms with Gasteiger partial charge in [-0.15, -0.1) is 0 Å². The van der Waals surface area contributed by atoms with E-state index in [-0.39, 0.29) is 6.42 Å². The van der Waals surface area contributed by atoms with Gasteiger partial charge >= 0.3 is 0 Å². The first-order chi connectivity index (χ1) is 6.09. The summed E-state index contributed by atoms with van der Waals surface area (Å²) in [5.74, 6) is 0. The molecule has 2 N–H and O–H groups in total. The van der Waals surface area contributed by atoms with Gasteiger partial charge in [-0.3, -0.25) is 4.98 Å². The molecule has 0 saturated carbocycles. The van der Waals surface area contributed by atoms with E-state index in [9.17, 15) is 8.78 Å². The molecular weight excluding hydrogens is 174 g/mol. The van der Waals surface area contributed by atoms with Gasteiger partial charge in [0.05, 0.1) is 11.7 Å². The molecule has 0 aromatic carbocycles. The number of pyridine rings is 1. The van der Waals surface area contributed by atoms with E-state index in [0.717, 1.165) is 5.69 Å². The van der Waals surface area contributed by atoms with Gasteiger partial charge in [0.25, 0.3) is 0 Å². The van der Waals surface area contributed by atoms with Gasteiger partial charge in [-0.05, 0) is 19.1 Å². The van der Waals surface area contributed by atoms with Crippen molar-refractivity contribution in [1.82, 2.24) is 4.98 Å². The number of halogens is 2. The van der Waals surface area contributed by atoms with E-state index in [1.54, 1.807) is 25.1 Å². The number of hydrogen-bond acceptors (Lipinski definition) is 2. The number of alkyl halides is 2. The molecule has 0 amide bonds. The number of hydrogen-bond donors (Lipinski definition) is 1. The highest BCUT2D eigenvalue weighted by atomic mass is 19.3. The monoisotopic (exact) mass is 186 g/mol. The van der Waals surface area contributed by atoms with Gasteiger partial charge in [-0.25, -0.2) is 8.78 Å². The summed E-state index contributed by atoms with van der Waals surface area (Å²) < 4.78 is 23.9. The zero-order valence-corrected chi connectivity index (χ0v) is 7.37. The van der Waals surface area contributed by atoms with Crippen molar-refractivity contribution in [3.63, 3.8) is 0 Å². The molecule has 4 heteroatoms. The second kappa shape index (κ2) is 4.28. The number of aromatic nitrogens is 1. The van der Waals surface area contributed by atoms with Gasteiger partial charge in [-0.1, -0.05) is 6.07 Å². The Kier molecular flexibility index (Phi) is 3.31. The SMILES string of the molecule is Cc1cccc([C@H](N)CC(F)F)n1. The van der Waals surface area contributed by atoms with Crippen LogP contribution < -0.4 is 5.73 Å². The lowest BCUT2D eigenvalue weighted by Gasteiger charge is -2.10. The van der Waals surface area contributed by atoms with Crippen LogP contribution in [0.3, 0.4) is 0 Å². The van der Waals surface area contributed by atoms with Crippen LogP contribution in [0, 0.1) is 6.92 Å². The molecule has 0 bridgehead atoms. The average molecular weight is 186 g/mol. The Bertz CT molecular complexity index is 276. The maximum Gasteiger partial charge on any atom is 0.240 e. The number of nitrogens with two attached hydrogens (primary N) is 1. The standard InChI is InChI=1S/C9H12F2N2/c1-6-3-2-4-8(13-6)7(12)5-9(10)11/h2-4,7,9H,5,12H2,1H3/t7-/m1/s1. The Hall–Kier alpha value is -1.03. The summed E-state index contributed by atoms with van der Waals surface area (Å²) in [6.45, 7) is 1.80. The third-order valence-corrected chi connectivity index (χ3v) is 1.72. The predicted molar refractivity (Wildman–Crippen MR) is 46.5 cm³/mol. The van der Waals surface area contributed by atoms with Gasteiger partial charge in [0.15, 0.2) is 0 Å². The van der Waals surface area contributed by atoms with Crippen LogP contribution in [0.2, 0.25) is 0 Å². The van der Waals surface area contributed by atoms with Crippen LogP contribution in [0.5, 0.6) is 0 Å². The lowest BCUT2D eigenvalue weighted by molar-refractivity contribution is 0.128. The molecule has 1 heterocycles. The summed E-state index contributed by atoms with van der Waals surface area (Å²) in [5, 5.41) is 0. The molecule has 1 atom stereocenters. The van der Waals surface area contributed by atoms with E-state index in [1.807, 2.05) is 0 Å². The largest absolute Gasteiger partial charge is 0.322 e. The van der Waals surface area contributed by atoms with Crippen LogP contribution in [-0.2, 0) is 0 Å². The highest BCUT2D eigenvalue weighted by Crippen LogP contribution is 2.15. The summed E-state index contributed by atoms with van der Waals surface area (Å²) in [6, 6.07) is 4.57. The molecule has 1 rings (SSSR count). The molecule has 72 valence electrons. The van der Waals surface area contributed by atoms with Crippen molar-refractivity contribution in [2.75, 3.05) is 0 Å². The third-order valence-electron chi connectivity index (χ3n) is 1.72. The lowest BCUT2D eigenvalue weighted by Crippen LogP contribution is -2.15. The van der Waals surface area contributed by atoms with Crippen molar-refractivity contribution < 1.29 is 8.78 Å². The maximum atomic E-state index is 12.0. The Morgan fingerprint density at radius 1 is 1.46 bits per heavy atom. The first-order valence-corrected chi connectivity index (χ1v) is 4.07. The second-order valence-corrected chi connectivity index (χ2v) is 2.94. The van der Waals surface area contributed by atoms with Gasteiger partial charge in [0, 0.05) is 12.1 Å². The third kappa shape index (κ3) is 3.06. The number of aryl methyl sites for hydroxylation is 1. The predicted octanol–water partition coefficient (Wildman–Crippen LogP) is 2.05. The highest BCUT2D eigenvalue weighted by Gasteiger charge is 2.13. The molecule has 2 nitrogen and oxygen atoms in total. The van der Waals surface area contributed by atoms with E-state index in [0.29, 0.717) is 5.69 Å². The van der Waals surface area contributed by atoms with Gasteiger partial charge in [0.1, 0.15) is 0 Å². The van der Waals surface area contributed by atoms with E-state index >= 15 is 0 Å². The molecule has 13 heavy (non-hydrogen) atoms. The highest BCUT2D eigenvalue weighted by molar-refractivity contribution is 5.12. The van der Waals surface area contributed by atoms with Crippen molar-refractivity contribution in [3.05, 3.63) is 29.6 Å². The Labute approximate surface area is 75.8 Å². The molecule has 0 unspecified atom stereocenters. The molecule has 0 aliphatic rings.